The molecule has 0 saturated carbocycles. The molecule has 0 radical (unpaired) electrons. The lowest BCUT2D eigenvalue weighted by Crippen LogP contribution is -2.49. The van der Waals surface area contributed by atoms with Gasteiger partial charge in [0.05, 0.1) is 19.1 Å². The van der Waals surface area contributed by atoms with Crippen molar-refractivity contribution in [1.82, 2.24) is 10.6 Å². The van der Waals surface area contributed by atoms with Gasteiger partial charge >= 0.3 is 5.97 Å². The summed E-state index contributed by atoms with van der Waals surface area (Å²) < 4.78 is 4.66. The smallest absolute Gasteiger partial charge is 0.309 e. The highest BCUT2D eigenvalue weighted by atomic mass is 16.5. The topological polar surface area (TPSA) is 67.4 Å². The Bertz CT molecular complexity index is 256. The van der Waals surface area contributed by atoms with Crippen molar-refractivity contribution in [2.75, 3.05) is 13.7 Å². The Balaban J connectivity index is 4.14. The van der Waals surface area contributed by atoms with Crippen LogP contribution < -0.4 is 10.6 Å². The molecule has 100 valence electrons. The van der Waals surface area contributed by atoms with E-state index >= 15 is 0 Å². The van der Waals surface area contributed by atoms with Gasteiger partial charge in [0.1, 0.15) is 0 Å². The maximum Gasteiger partial charge on any atom is 0.309 e. The average molecular weight is 244 g/mol. The zero-order valence-electron chi connectivity index (χ0n) is 11.4. The van der Waals surface area contributed by atoms with Crippen LogP contribution in [0.4, 0.5) is 0 Å². The fourth-order valence-electron chi connectivity index (χ4n) is 1.41. The molecular weight excluding hydrogens is 220 g/mol. The molecule has 3 unspecified atom stereocenters. The van der Waals surface area contributed by atoms with Crippen LogP contribution in [0, 0.1) is 5.92 Å². The molecule has 3 atom stereocenters. The molecule has 1 amide bonds. The lowest BCUT2D eigenvalue weighted by Gasteiger charge is -2.23. The zero-order chi connectivity index (χ0) is 13.4. The van der Waals surface area contributed by atoms with Crippen molar-refractivity contribution in [2.24, 2.45) is 5.92 Å². The summed E-state index contributed by atoms with van der Waals surface area (Å²) in [5, 5.41) is 5.89. The number of amides is 1. The third-order valence-corrected chi connectivity index (χ3v) is 2.78. The third kappa shape index (κ3) is 5.68. The Morgan fingerprint density at radius 2 is 1.82 bits per heavy atom. The summed E-state index contributed by atoms with van der Waals surface area (Å²) in [6, 6.07) is -0.423. The van der Waals surface area contributed by atoms with E-state index in [0.29, 0.717) is 6.54 Å². The summed E-state index contributed by atoms with van der Waals surface area (Å²) in [4.78, 5) is 22.9. The van der Waals surface area contributed by atoms with Gasteiger partial charge in [0.25, 0.3) is 0 Å². The van der Waals surface area contributed by atoms with E-state index in [-0.39, 0.29) is 29.9 Å². The van der Waals surface area contributed by atoms with Crippen molar-refractivity contribution in [3.63, 3.8) is 0 Å². The molecule has 0 aliphatic heterocycles. The molecule has 0 bridgehead atoms. The van der Waals surface area contributed by atoms with E-state index in [2.05, 4.69) is 15.4 Å². The van der Waals surface area contributed by atoms with E-state index in [0.717, 1.165) is 6.42 Å². The van der Waals surface area contributed by atoms with E-state index < -0.39 is 0 Å². The van der Waals surface area contributed by atoms with Crippen LogP contribution in [0.5, 0.6) is 0 Å². The number of hydrogen-bond donors (Lipinski definition) is 2. The molecule has 0 aromatic rings. The maximum atomic E-state index is 11.6. The van der Waals surface area contributed by atoms with Crippen LogP contribution in [-0.2, 0) is 14.3 Å². The first-order chi connectivity index (χ1) is 7.93. The quantitative estimate of drug-likeness (QED) is 0.647. The van der Waals surface area contributed by atoms with Gasteiger partial charge in [0.2, 0.25) is 5.91 Å². The van der Waals surface area contributed by atoms with Crippen LogP contribution in [0.25, 0.3) is 0 Å². The van der Waals surface area contributed by atoms with E-state index in [1.807, 2.05) is 13.8 Å². The summed E-state index contributed by atoms with van der Waals surface area (Å²) in [5.41, 5.74) is 0. The van der Waals surface area contributed by atoms with Crippen LogP contribution >= 0.6 is 0 Å². The van der Waals surface area contributed by atoms with Gasteiger partial charge in [-0.3, -0.25) is 9.59 Å². The predicted octanol–water partition coefficient (Wildman–Crippen LogP) is 0.688. The number of methoxy groups -OCH3 is 1. The molecule has 0 aromatic heterocycles. The molecule has 0 aliphatic rings. The van der Waals surface area contributed by atoms with Crippen molar-refractivity contribution in [2.45, 2.75) is 46.2 Å². The largest absolute Gasteiger partial charge is 0.469 e. The number of hydrogen-bond acceptors (Lipinski definition) is 4. The van der Waals surface area contributed by atoms with Gasteiger partial charge in [-0.25, -0.2) is 0 Å². The summed E-state index contributed by atoms with van der Waals surface area (Å²) in [6.45, 7) is 8.10. The standard InChI is InChI=1S/C12H24N2O3/c1-6-7-13-11(15)10(4)14-9(3)8(2)12(16)17-5/h8-10,14H,6-7H2,1-5H3,(H,13,15). The lowest BCUT2D eigenvalue weighted by molar-refractivity contribution is -0.146. The predicted molar refractivity (Wildman–Crippen MR) is 66.5 cm³/mol. The first kappa shape index (κ1) is 15.9. The average Bonchev–Trinajstić information content (AvgIpc) is 2.33. The monoisotopic (exact) mass is 244 g/mol. The summed E-state index contributed by atoms with van der Waals surface area (Å²) >= 11 is 0. The summed E-state index contributed by atoms with van der Waals surface area (Å²) in [5.74, 6) is -0.594. The third-order valence-electron chi connectivity index (χ3n) is 2.78. The number of ether oxygens (including phenoxy) is 1. The fraction of sp³-hybridized carbons (Fsp3) is 0.833. The van der Waals surface area contributed by atoms with E-state index in [9.17, 15) is 9.59 Å². The Morgan fingerprint density at radius 3 is 2.29 bits per heavy atom. The molecule has 0 aliphatic carbocycles. The number of esters is 1. The van der Waals surface area contributed by atoms with Crippen molar-refractivity contribution in [3.05, 3.63) is 0 Å². The molecule has 0 saturated heterocycles. The molecule has 2 N–H and O–H groups in total. The zero-order valence-corrected chi connectivity index (χ0v) is 11.4. The first-order valence-electron chi connectivity index (χ1n) is 6.05. The second-order valence-electron chi connectivity index (χ2n) is 4.28. The molecule has 0 fully saturated rings. The summed E-state index contributed by atoms with van der Waals surface area (Å²) in [6.07, 6.45) is 0.909. The van der Waals surface area contributed by atoms with Crippen molar-refractivity contribution in [3.8, 4) is 0 Å². The Labute approximate surface area is 103 Å². The minimum absolute atomic E-state index is 0.0456. The highest BCUT2D eigenvalue weighted by Gasteiger charge is 2.23. The van der Waals surface area contributed by atoms with Crippen LogP contribution in [-0.4, -0.2) is 37.6 Å². The van der Waals surface area contributed by atoms with Crippen molar-refractivity contribution < 1.29 is 14.3 Å². The molecule has 17 heavy (non-hydrogen) atoms. The highest BCUT2D eigenvalue weighted by molar-refractivity contribution is 5.81. The number of nitrogens with one attached hydrogen (secondary N) is 2. The van der Waals surface area contributed by atoms with Gasteiger partial charge in [0, 0.05) is 12.6 Å². The van der Waals surface area contributed by atoms with E-state index in [1.165, 1.54) is 7.11 Å². The van der Waals surface area contributed by atoms with Gasteiger partial charge in [-0.15, -0.1) is 0 Å². The molecule has 0 spiro atoms. The van der Waals surface area contributed by atoms with E-state index in [4.69, 9.17) is 0 Å². The molecule has 0 heterocycles. The molecular formula is C12H24N2O3. The van der Waals surface area contributed by atoms with Gasteiger partial charge < -0.3 is 15.4 Å². The molecule has 0 rings (SSSR count). The Hall–Kier alpha value is -1.10. The summed E-state index contributed by atoms with van der Waals surface area (Å²) in [7, 11) is 1.36. The SMILES string of the molecule is CCCNC(=O)C(C)NC(C)C(C)C(=O)OC. The van der Waals surface area contributed by atoms with Gasteiger partial charge in [0.15, 0.2) is 0 Å². The van der Waals surface area contributed by atoms with Crippen LogP contribution in [0.15, 0.2) is 0 Å². The second kappa shape index (κ2) is 8.06. The van der Waals surface area contributed by atoms with Crippen molar-refractivity contribution in [1.29, 1.82) is 0 Å². The van der Waals surface area contributed by atoms with E-state index in [1.54, 1.807) is 13.8 Å². The maximum absolute atomic E-state index is 11.6. The van der Waals surface area contributed by atoms with Crippen LogP contribution in [0.1, 0.15) is 34.1 Å². The fourth-order valence-corrected chi connectivity index (χ4v) is 1.41. The van der Waals surface area contributed by atoms with Crippen molar-refractivity contribution >= 4 is 11.9 Å². The molecule has 0 aromatic carbocycles. The number of carbonyl (C=O) groups excluding carboxylic acids is 2. The van der Waals surface area contributed by atoms with Gasteiger partial charge in [-0.2, -0.15) is 0 Å². The first-order valence-corrected chi connectivity index (χ1v) is 6.05. The Kier molecular flexibility index (Phi) is 7.54. The van der Waals surface area contributed by atoms with Gasteiger partial charge in [-0.1, -0.05) is 13.8 Å². The molecule has 5 nitrogen and oxygen atoms in total. The second-order valence-corrected chi connectivity index (χ2v) is 4.28. The van der Waals surface area contributed by atoms with Crippen LogP contribution in [0.3, 0.4) is 0 Å². The minimum atomic E-state index is -0.316. The minimum Gasteiger partial charge on any atom is -0.469 e. The normalized spacial score (nSPS) is 15.8. The number of carbonyl (C=O) groups is 2. The molecule has 5 heteroatoms. The highest BCUT2D eigenvalue weighted by Crippen LogP contribution is 2.05. The lowest BCUT2D eigenvalue weighted by atomic mass is 10.0. The van der Waals surface area contributed by atoms with Crippen LogP contribution in [0.2, 0.25) is 0 Å². The Morgan fingerprint density at radius 1 is 1.24 bits per heavy atom. The number of rotatable bonds is 7. The van der Waals surface area contributed by atoms with Gasteiger partial charge in [-0.05, 0) is 20.3 Å².